The molecule has 2 amide bonds. The summed E-state index contributed by atoms with van der Waals surface area (Å²) in [6, 6.07) is 9.98. The molecule has 4 aliphatic rings. The van der Waals surface area contributed by atoms with Gasteiger partial charge in [-0.15, -0.1) is 0 Å². The molecule has 3 saturated heterocycles. The fraction of sp³-hybridized carbons (Fsp3) is 0.579. The van der Waals surface area contributed by atoms with Crippen LogP contribution < -0.4 is 0 Å². The van der Waals surface area contributed by atoms with Crippen molar-refractivity contribution in [3.8, 4) is 0 Å². The third-order valence-electron chi connectivity index (χ3n) is 6.34. The van der Waals surface area contributed by atoms with Crippen LogP contribution in [0, 0.1) is 5.92 Å². The Bertz CT molecular complexity index is 687. The van der Waals surface area contributed by atoms with E-state index in [1.165, 1.54) is 0 Å². The van der Waals surface area contributed by atoms with Gasteiger partial charge in [0.25, 0.3) is 0 Å². The van der Waals surface area contributed by atoms with Gasteiger partial charge in [0, 0.05) is 18.9 Å². The van der Waals surface area contributed by atoms with E-state index in [0.717, 1.165) is 31.2 Å². The SMILES string of the molecule is O=C(C1CCC1)N1CC[C@@]23O[C@H](c4ccccc4)CN2C(=O)C[C@@H]13. The van der Waals surface area contributed by atoms with Crippen molar-refractivity contribution in [2.24, 2.45) is 5.92 Å². The Morgan fingerprint density at radius 2 is 2.00 bits per heavy atom. The number of carbonyl (C=O) groups excluding carboxylic acids is 2. The van der Waals surface area contributed by atoms with Crippen LogP contribution in [-0.4, -0.2) is 46.5 Å². The summed E-state index contributed by atoms with van der Waals surface area (Å²) in [4.78, 5) is 29.2. The Hall–Kier alpha value is -1.88. The molecule has 1 spiro atoms. The zero-order valence-corrected chi connectivity index (χ0v) is 13.7. The molecule has 3 atom stereocenters. The van der Waals surface area contributed by atoms with Crippen LogP contribution in [0.3, 0.4) is 0 Å². The van der Waals surface area contributed by atoms with Crippen LogP contribution in [0.5, 0.6) is 0 Å². The molecular formula is C19H22N2O3. The molecule has 0 aromatic heterocycles. The Morgan fingerprint density at radius 1 is 1.21 bits per heavy atom. The van der Waals surface area contributed by atoms with Crippen molar-refractivity contribution >= 4 is 11.8 Å². The highest BCUT2D eigenvalue weighted by Gasteiger charge is 2.65. The molecule has 0 unspecified atom stereocenters. The molecule has 3 heterocycles. The lowest BCUT2D eigenvalue weighted by Gasteiger charge is -2.35. The summed E-state index contributed by atoms with van der Waals surface area (Å²) in [6.07, 6.45) is 4.22. The molecule has 0 N–H and O–H groups in total. The normalized spacial score (nSPS) is 35.1. The molecule has 0 bridgehead atoms. The van der Waals surface area contributed by atoms with Gasteiger partial charge in [0.2, 0.25) is 11.8 Å². The average molecular weight is 326 g/mol. The number of rotatable bonds is 2. The van der Waals surface area contributed by atoms with Crippen LogP contribution in [0.2, 0.25) is 0 Å². The van der Waals surface area contributed by atoms with Crippen molar-refractivity contribution in [1.29, 1.82) is 0 Å². The highest BCUT2D eigenvalue weighted by atomic mass is 16.5. The topological polar surface area (TPSA) is 49.9 Å². The predicted molar refractivity (Wildman–Crippen MR) is 86.8 cm³/mol. The van der Waals surface area contributed by atoms with Crippen LogP contribution in [0.4, 0.5) is 0 Å². The average Bonchev–Trinajstić information content (AvgIpc) is 3.15. The van der Waals surface area contributed by atoms with E-state index in [4.69, 9.17) is 4.74 Å². The maximum Gasteiger partial charge on any atom is 0.227 e. The van der Waals surface area contributed by atoms with Crippen molar-refractivity contribution in [3.63, 3.8) is 0 Å². The minimum absolute atomic E-state index is 0.0864. The van der Waals surface area contributed by atoms with Gasteiger partial charge in [-0.3, -0.25) is 9.59 Å². The smallest absolute Gasteiger partial charge is 0.227 e. The first-order valence-electron chi connectivity index (χ1n) is 9.03. The standard InChI is InChI=1S/C19H22N2O3/c22-17-11-16-19(9-10-20(16)18(23)14-7-4-8-14)21(17)12-15(24-19)13-5-2-1-3-6-13/h1-3,5-6,14-16H,4,7-12H2/t15-,16+,19-/m0/s1. The van der Waals surface area contributed by atoms with Crippen LogP contribution in [0.1, 0.15) is 43.8 Å². The minimum Gasteiger partial charge on any atom is -0.343 e. The van der Waals surface area contributed by atoms with Gasteiger partial charge in [0.05, 0.1) is 19.0 Å². The van der Waals surface area contributed by atoms with E-state index >= 15 is 0 Å². The van der Waals surface area contributed by atoms with Gasteiger partial charge in [-0.1, -0.05) is 36.8 Å². The minimum atomic E-state index is -0.586. The zero-order valence-electron chi connectivity index (χ0n) is 13.7. The monoisotopic (exact) mass is 326 g/mol. The van der Waals surface area contributed by atoms with Crippen molar-refractivity contribution < 1.29 is 14.3 Å². The number of hydrogen-bond acceptors (Lipinski definition) is 3. The Balaban J connectivity index is 1.43. The van der Waals surface area contributed by atoms with E-state index in [2.05, 4.69) is 12.1 Å². The molecular weight excluding hydrogens is 304 g/mol. The molecule has 5 rings (SSSR count). The highest BCUT2D eigenvalue weighted by Crippen LogP contribution is 2.51. The first-order valence-corrected chi connectivity index (χ1v) is 9.03. The van der Waals surface area contributed by atoms with Crippen LogP contribution >= 0.6 is 0 Å². The van der Waals surface area contributed by atoms with Gasteiger partial charge < -0.3 is 14.5 Å². The largest absolute Gasteiger partial charge is 0.343 e. The Labute approximate surface area is 141 Å². The second-order valence-corrected chi connectivity index (χ2v) is 7.50. The molecule has 1 aromatic rings. The molecule has 1 saturated carbocycles. The van der Waals surface area contributed by atoms with Crippen LogP contribution in [-0.2, 0) is 14.3 Å². The van der Waals surface area contributed by atoms with Gasteiger partial charge >= 0.3 is 0 Å². The van der Waals surface area contributed by atoms with Crippen molar-refractivity contribution in [2.45, 2.75) is 50.0 Å². The molecule has 24 heavy (non-hydrogen) atoms. The van der Waals surface area contributed by atoms with Gasteiger partial charge in [0.1, 0.15) is 6.10 Å². The quantitative estimate of drug-likeness (QED) is 0.836. The maximum atomic E-state index is 12.8. The van der Waals surface area contributed by atoms with E-state index in [0.29, 0.717) is 19.5 Å². The predicted octanol–water partition coefficient (Wildman–Crippen LogP) is 2.09. The summed E-state index contributed by atoms with van der Waals surface area (Å²) in [5, 5.41) is 0. The van der Waals surface area contributed by atoms with E-state index in [-0.39, 0.29) is 29.9 Å². The molecule has 3 aliphatic heterocycles. The third-order valence-corrected chi connectivity index (χ3v) is 6.34. The second kappa shape index (κ2) is 5.06. The van der Waals surface area contributed by atoms with Crippen molar-refractivity contribution in [3.05, 3.63) is 35.9 Å². The van der Waals surface area contributed by atoms with Gasteiger partial charge in [-0.25, -0.2) is 0 Å². The zero-order chi connectivity index (χ0) is 16.3. The molecule has 4 fully saturated rings. The van der Waals surface area contributed by atoms with Crippen LogP contribution in [0.15, 0.2) is 30.3 Å². The number of nitrogens with zero attached hydrogens (tertiary/aromatic N) is 2. The first kappa shape index (κ1) is 14.5. The summed E-state index contributed by atoms with van der Waals surface area (Å²) >= 11 is 0. The number of ether oxygens (including phenoxy) is 1. The second-order valence-electron chi connectivity index (χ2n) is 7.50. The molecule has 5 heteroatoms. The summed E-state index contributed by atoms with van der Waals surface area (Å²) in [6.45, 7) is 1.32. The van der Waals surface area contributed by atoms with Gasteiger partial charge in [0.15, 0.2) is 5.72 Å². The van der Waals surface area contributed by atoms with Crippen LogP contribution in [0.25, 0.3) is 0 Å². The molecule has 5 nitrogen and oxygen atoms in total. The molecule has 126 valence electrons. The molecule has 1 aromatic carbocycles. The first-order chi connectivity index (χ1) is 11.7. The maximum absolute atomic E-state index is 12.8. The number of benzene rings is 1. The van der Waals surface area contributed by atoms with Gasteiger partial charge in [-0.05, 0) is 18.4 Å². The molecule has 0 radical (unpaired) electrons. The summed E-state index contributed by atoms with van der Waals surface area (Å²) in [5.41, 5.74) is 0.522. The lowest BCUT2D eigenvalue weighted by Crippen LogP contribution is -2.50. The third kappa shape index (κ3) is 1.85. The van der Waals surface area contributed by atoms with Gasteiger partial charge in [-0.2, -0.15) is 0 Å². The summed E-state index contributed by atoms with van der Waals surface area (Å²) in [5.74, 6) is 0.546. The number of hydrogen-bond donors (Lipinski definition) is 0. The van der Waals surface area contributed by atoms with E-state index in [1.807, 2.05) is 28.0 Å². The number of likely N-dealkylation sites (tertiary alicyclic amines) is 1. The fourth-order valence-corrected chi connectivity index (χ4v) is 4.82. The fourth-order valence-electron chi connectivity index (χ4n) is 4.82. The summed E-state index contributed by atoms with van der Waals surface area (Å²) < 4.78 is 6.48. The van der Waals surface area contributed by atoms with E-state index < -0.39 is 5.72 Å². The number of amides is 2. The number of carbonyl (C=O) groups is 2. The lowest BCUT2D eigenvalue weighted by atomic mass is 9.84. The van der Waals surface area contributed by atoms with Crippen molar-refractivity contribution in [1.82, 2.24) is 9.80 Å². The highest BCUT2D eigenvalue weighted by molar-refractivity contribution is 5.86. The van der Waals surface area contributed by atoms with Crippen molar-refractivity contribution in [2.75, 3.05) is 13.1 Å². The lowest BCUT2D eigenvalue weighted by molar-refractivity contribution is -0.146. The van der Waals surface area contributed by atoms with E-state index in [1.54, 1.807) is 0 Å². The molecule has 1 aliphatic carbocycles. The van der Waals surface area contributed by atoms with E-state index in [9.17, 15) is 9.59 Å². The Kier molecular flexibility index (Phi) is 3.05. The Morgan fingerprint density at radius 3 is 2.71 bits per heavy atom. The summed E-state index contributed by atoms with van der Waals surface area (Å²) in [7, 11) is 0.